The highest BCUT2D eigenvalue weighted by Crippen LogP contribution is 2.14. The molecule has 1 aliphatic rings. The van der Waals surface area contributed by atoms with E-state index < -0.39 is 0 Å². The molecule has 7 nitrogen and oxygen atoms in total. The molecule has 146 valence electrons. The lowest BCUT2D eigenvalue weighted by molar-refractivity contribution is 0.123. The van der Waals surface area contributed by atoms with Crippen molar-refractivity contribution in [2.75, 3.05) is 39.9 Å². The zero-order chi connectivity index (χ0) is 19.2. The minimum absolute atomic E-state index is 0.0975. The fourth-order valence-electron chi connectivity index (χ4n) is 3.29. The lowest BCUT2D eigenvalue weighted by Gasteiger charge is -2.35. The fourth-order valence-corrected chi connectivity index (χ4v) is 3.29. The first-order valence-electron chi connectivity index (χ1n) is 9.06. The standard InChI is InChI=1S/C19H26FN5O2/c1-23-18(7-8-21-23)17(14-27-2)22-19(26)25-11-9-24(10-12-25)13-15-3-5-16(20)6-4-15/h3-8,17H,9-14H2,1-2H3,(H,22,26)/t17-/m0/s1. The summed E-state index contributed by atoms with van der Waals surface area (Å²) < 4.78 is 20.0. The first-order valence-corrected chi connectivity index (χ1v) is 9.06. The molecule has 1 N–H and O–H groups in total. The summed E-state index contributed by atoms with van der Waals surface area (Å²) in [6.07, 6.45) is 1.71. The Kier molecular flexibility index (Phi) is 6.41. The van der Waals surface area contributed by atoms with Gasteiger partial charge in [-0.2, -0.15) is 5.10 Å². The molecule has 0 unspecified atom stereocenters. The van der Waals surface area contributed by atoms with E-state index >= 15 is 0 Å². The van der Waals surface area contributed by atoms with Crippen LogP contribution in [0.1, 0.15) is 17.3 Å². The van der Waals surface area contributed by atoms with Crippen molar-refractivity contribution in [1.29, 1.82) is 0 Å². The van der Waals surface area contributed by atoms with Gasteiger partial charge in [0.1, 0.15) is 5.82 Å². The van der Waals surface area contributed by atoms with Gasteiger partial charge in [0.15, 0.2) is 0 Å². The van der Waals surface area contributed by atoms with Crippen LogP contribution in [0.4, 0.5) is 9.18 Å². The highest BCUT2D eigenvalue weighted by atomic mass is 19.1. The normalized spacial score (nSPS) is 16.3. The van der Waals surface area contributed by atoms with Gasteiger partial charge in [0, 0.05) is 53.1 Å². The number of urea groups is 1. The Hall–Kier alpha value is -2.45. The van der Waals surface area contributed by atoms with Crippen LogP contribution in [0.2, 0.25) is 0 Å². The van der Waals surface area contributed by atoms with E-state index in [1.54, 1.807) is 30.1 Å². The Balaban J connectivity index is 1.51. The third-order valence-corrected chi connectivity index (χ3v) is 4.83. The second kappa shape index (κ2) is 8.96. The lowest BCUT2D eigenvalue weighted by Crippen LogP contribution is -2.52. The number of carbonyl (C=O) groups is 1. The van der Waals surface area contributed by atoms with E-state index in [9.17, 15) is 9.18 Å². The van der Waals surface area contributed by atoms with E-state index in [4.69, 9.17) is 4.74 Å². The van der Waals surface area contributed by atoms with Gasteiger partial charge < -0.3 is 15.0 Å². The summed E-state index contributed by atoms with van der Waals surface area (Å²) in [7, 11) is 3.46. The third-order valence-electron chi connectivity index (χ3n) is 4.83. The highest BCUT2D eigenvalue weighted by molar-refractivity contribution is 5.74. The summed E-state index contributed by atoms with van der Waals surface area (Å²) >= 11 is 0. The summed E-state index contributed by atoms with van der Waals surface area (Å²) in [4.78, 5) is 16.7. The van der Waals surface area contributed by atoms with Crippen LogP contribution in [-0.2, 0) is 18.3 Å². The summed E-state index contributed by atoms with van der Waals surface area (Å²) in [6, 6.07) is 8.10. The van der Waals surface area contributed by atoms with Crippen molar-refractivity contribution in [1.82, 2.24) is 24.9 Å². The predicted octanol–water partition coefficient (Wildman–Crippen LogP) is 1.77. The molecule has 1 atom stereocenters. The number of aryl methyl sites for hydroxylation is 1. The van der Waals surface area contributed by atoms with Crippen LogP contribution in [-0.4, -0.2) is 65.5 Å². The number of amides is 2. The van der Waals surface area contributed by atoms with Crippen molar-refractivity contribution in [3.63, 3.8) is 0 Å². The van der Waals surface area contributed by atoms with Crippen LogP contribution in [0.15, 0.2) is 36.5 Å². The molecular weight excluding hydrogens is 349 g/mol. The molecule has 1 saturated heterocycles. The van der Waals surface area contributed by atoms with Gasteiger partial charge in [-0.1, -0.05) is 12.1 Å². The number of nitrogens with zero attached hydrogens (tertiary/aromatic N) is 4. The van der Waals surface area contributed by atoms with Crippen LogP contribution < -0.4 is 5.32 Å². The lowest BCUT2D eigenvalue weighted by atomic mass is 10.2. The monoisotopic (exact) mass is 375 g/mol. The highest BCUT2D eigenvalue weighted by Gasteiger charge is 2.24. The molecule has 0 bridgehead atoms. The Morgan fingerprint density at radius 2 is 1.93 bits per heavy atom. The number of ether oxygens (including phenoxy) is 1. The number of rotatable bonds is 6. The molecule has 2 amide bonds. The third kappa shape index (κ3) is 5.05. The minimum atomic E-state index is -0.243. The zero-order valence-electron chi connectivity index (χ0n) is 15.8. The Labute approximate surface area is 158 Å². The van der Waals surface area contributed by atoms with Crippen LogP contribution >= 0.6 is 0 Å². The predicted molar refractivity (Wildman–Crippen MR) is 99.6 cm³/mol. The summed E-state index contributed by atoms with van der Waals surface area (Å²) in [5.74, 6) is -0.223. The number of methoxy groups -OCH3 is 1. The van der Waals surface area contributed by atoms with Crippen molar-refractivity contribution in [3.05, 3.63) is 53.6 Å². The number of carbonyl (C=O) groups excluding carboxylic acids is 1. The maximum Gasteiger partial charge on any atom is 0.318 e. The van der Waals surface area contributed by atoms with Crippen LogP contribution in [0.5, 0.6) is 0 Å². The Morgan fingerprint density at radius 3 is 2.52 bits per heavy atom. The molecule has 27 heavy (non-hydrogen) atoms. The number of nitrogens with one attached hydrogen (secondary N) is 1. The van der Waals surface area contributed by atoms with Crippen molar-refractivity contribution >= 4 is 6.03 Å². The summed E-state index contributed by atoms with van der Waals surface area (Å²) in [5, 5.41) is 7.20. The number of hydrogen-bond donors (Lipinski definition) is 1. The second-order valence-corrected chi connectivity index (χ2v) is 6.73. The number of benzene rings is 1. The number of piperazine rings is 1. The number of aromatic nitrogens is 2. The van der Waals surface area contributed by atoms with E-state index in [-0.39, 0.29) is 17.9 Å². The van der Waals surface area contributed by atoms with Crippen molar-refractivity contribution in [3.8, 4) is 0 Å². The van der Waals surface area contributed by atoms with Crippen molar-refractivity contribution in [2.24, 2.45) is 7.05 Å². The van der Waals surface area contributed by atoms with Crippen LogP contribution in [0, 0.1) is 5.82 Å². The maximum atomic E-state index is 13.0. The average molecular weight is 375 g/mol. The molecule has 3 rings (SSSR count). The van der Waals surface area contributed by atoms with Crippen molar-refractivity contribution < 1.29 is 13.9 Å². The van der Waals surface area contributed by atoms with Crippen LogP contribution in [0.25, 0.3) is 0 Å². The average Bonchev–Trinajstić information content (AvgIpc) is 3.09. The molecule has 2 aromatic rings. The second-order valence-electron chi connectivity index (χ2n) is 6.73. The molecule has 0 radical (unpaired) electrons. The van der Waals surface area contributed by atoms with Gasteiger partial charge in [0.05, 0.1) is 18.3 Å². The first-order chi connectivity index (χ1) is 13.1. The van der Waals surface area contributed by atoms with E-state index in [0.29, 0.717) is 19.7 Å². The molecule has 1 aromatic carbocycles. The van der Waals surface area contributed by atoms with Gasteiger partial charge >= 0.3 is 6.03 Å². The molecular formula is C19H26FN5O2. The molecule has 0 spiro atoms. The van der Waals surface area contributed by atoms with Gasteiger partial charge in [0.2, 0.25) is 0 Å². The van der Waals surface area contributed by atoms with Crippen molar-refractivity contribution in [2.45, 2.75) is 12.6 Å². The molecule has 8 heteroatoms. The topological polar surface area (TPSA) is 62.6 Å². The molecule has 1 aliphatic heterocycles. The van der Waals surface area contributed by atoms with E-state index in [1.165, 1.54) is 12.1 Å². The van der Waals surface area contributed by atoms with Gasteiger partial charge in [-0.05, 0) is 23.8 Å². The van der Waals surface area contributed by atoms with E-state index in [2.05, 4.69) is 15.3 Å². The first kappa shape index (κ1) is 19.3. The fraction of sp³-hybridized carbons (Fsp3) is 0.474. The van der Waals surface area contributed by atoms with E-state index in [0.717, 1.165) is 30.9 Å². The van der Waals surface area contributed by atoms with Gasteiger partial charge in [-0.15, -0.1) is 0 Å². The molecule has 0 aliphatic carbocycles. The van der Waals surface area contributed by atoms with Gasteiger partial charge in [-0.25, -0.2) is 9.18 Å². The van der Waals surface area contributed by atoms with Gasteiger partial charge in [0.25, 0.3) is 0 Å². The Morgan fingerprint density at radius 1 is 1.22 bits per heavy atom. The quantitative estimate of drug-likeness (QED) is 0.836. The molecule has 0 saturated carbocycles. The molecule has 1 fully saturated rings. The smallest absolute Gasteiger partial charge is 0.318 e. The van der Waals surface area contributed by atoms with Gasteiger partial charge in [-0.3, -0.25) is 9.58 Å². The maximum absolute atomic E-state index is 13.0. The largest absolute Gasteiger partial charge is 0.382 e. The molecule has 2 heterocycles. The van der Waals surface area contributed by atoms with Crippen LogP contribution in [0.3, 0.4) is 0 Å². The minimum Gasteiger partial charge on any atom is -0.382 e. The SMILES string of the molecule is COC[C@H](NC(=O)N1CCN(Cc2ccc(F)cc2)CC1)c1ccnn1C. The van der Waals surface area contributed by atoms with E-state index in [1.807, 2.05) is 18.0 Å². The Bertz CT molecular complexity index is 741. The summed E-state index contributed by atoms with van der Waals surface area (Å²) in [5.41, 5.74) is 1.98. The summed E-state index contributed by atoms with van der Waals surface area (Å²) in [6.45, 7) is 4.01. The number of hydrogen-bond acceptors (Lipinski definition) is 4. The molecule has 1 aromatic heterocycles. The number of halogens is 1. The zero-order valence-corrected chi connectivity index (χ0v) is 15.8.